The molecule has 3 heteroatoms. The third-order valence-electron chi connectivity index (χ3n) is 2.63. The summed E-state index contributed by atoms with van der Waals surface area (Å²) < 4.78 is 0. The number of carboxylic acid groups (broad SMARTS) is 1. The van der Waals surface area contributed by atoms with E-state index in [0.717, 1.165) is 0 Å². The smallest absolute Gasteiger partial charge is 0.307 e. The Labute approximate surface area is 77.4 Å². The van der Waals surface area contributed by atoms with Crippen LogP contribution in [0.15, 0.2) is 11.6 Å². The number of carbonyl (C=O) groups excluding carboxylic acids is 1. The molecule has 3 nitrogen and oxygen atoms in total. The molecule has 0 spiro atoms. The Bertz CT molecular complexity index is 265. The second-order valence-electron chi connectivity index (χ2n) is 3.65. The number of ketones is 1. The van der Waals surface area contributed by atoms with Gasteiger partial charge in [0, 0.05) is 0 Å². The second-order valence-corrected chi connectivity index (χ2v) is 3.65. The zero-order chi connectivity index (χ0) is 10.0. The maximum Gasteiger partial charge on any atom is 0.307 e. The zero-order valence-corrected chi connectivity index (χ0v) is 7.91. The summed E-state index contributed by atoms with van der Waals surface area (Å²) in [5, 5.41) is 8.87. The molecular formula is C10H14O3. The molecule has 1 aliphatic carbocycles. The lowest BCUT2D eigenvalue weighted by Gasteiger charge is -2.24. The molecule has 0 radical (unpaired) electrons. The highest BCUT2D eigenvalue weighted by Crippen LogP contribution is 2.29. The lowest BCUT2D eigenvalue weighted by Crippen LogP contribution is -2.26. The first-order valence-corrected chi connectivity index (χ1v) is 4.45. The highest BCUT2D eigenvalue weighted by molar-refractivity contribution is 5.94. The van der Waals surface area contributed by atoms with Crippen LogP contribution in [0.25, 0.3) is 0 Å². The Kier molecular flexibility index (Phi) is 2.86. The molecule has 0 amide bonds. The van der Waals surface area contributed by atoms with Gasteiger partial charge in [0.25, 0.3) is 0 Å². The molecule has 2 atom stereocenters. The van der Waals surface area contributed by atoms with Crippen LogP contribution in [0, 0.1) is 11.8 Å². The summed E-state index contributed by atoms with van der Waals surface area (Å²) in [5.74, 6) is -1.04. The van der Waals surface area contributed by atoms with Crippen molar-refractivity contribution in [2.45, 2.75) is 26.7 Å². The zero-order valence-electron chi connectivity index (χ0n) is 7.91. The number of Topliss-reactive ketones (excluding diaryl/α,β-unsaturated/α-hetero) is 1. The van der Waals surface area contributed by atoms with Gasteiger partial charge in [-0.2, -0.15) is 0 Å². The van der Waals surface area contributed by atoms with Crippen molar-refractivity contribution in [3.05, 3.63) is 11.6 Å². The van der Waals surface area contributed by atoms with Crippen LogP contribution in [0.4, 0.5) is 0 Å². The Balaban J connectivity index is 2.78. The predicted molar refractivity (Wildman–Crippen MR) is 48.3 cm³/mol. The minimum Gasteiger partial charge on any atom is -0.481 e. The van der Waals surface area contributed by atoms with Crippen molar-refractivity contribution in [1.82, 2.24) is 0 Å². The first-order valence-electron chi connectivity index (χ1n) is 4.45. The molecule has 0 fully saturated rings. The number of aliphatic carboxylic acids is 1. The van der Waals surface area contributed by atoms with Crippen molar-refractivity contribution in [3.8, 4) is 0 Å². The minimum atomic E-state index is -0.792. The van der Waals surface area contributed by atoms with E-state index < -0.39 is 5.97 Å². The maximum absolute atomic E-state index is 11.0. The van der Waals surface area contributed by atoms with Gasteiger partial charge in [-0.05, 0) is 31.3 Å². The normalized spacial score (nSPS) is 28.0. The van der Waals surface area contributed by atoms with Crippen LogP contribution in [-0.2, 0) is 9.59 Å². The van der Waals surface area contributed by atoms with Crippen molar-refractivity contribution in [2.75, 3.05) is 0 Å². The molecule has 2 unspecified atom stereocenters. The van der Waals surface area contributed by atoms with Crippen molar-refractivity contribution in [3.63, 3.8) is 0 Å². The molecule has 0 saturated heterocycles. The average molecular weight is 182 g/mol. The summed E-state index contributed by atoms with van der Waals surface area (Å²) >= 11 is 0. The van der Waals surface area contributed by atoms with E-state index in [1.807, 2.05) is 13.0 Å². The van der Waals surface area contributed by atoms with Crippen LogP contribution >= 0.6 is 0 Å². The minimum absolute atomic E-state index is 0.00171. The van der Waals surface area contributed by atoms with Gasteiger partial charge in [0.15, 0.2) is 5.78 Å². The van der Waals surface area contributed by atoms with E-state index in [0.29, 0.717) is 18.4 Å². The van der Waals surface area contributed by atoms with E-state index in [2.05, 4.69) is 0 Å². The van der Waals surface area contributed by atoms with Gasteiger partial charge in [0.05, 0.1) is 5.92 Å². The second kappa shape index (κ2) is 3.73. The summed E-state index contributed by atoms with van der Waals surface area (Å²) in [4.78, 5) is 21.8. The summed E-state index contributed by atoms with van der Waals surface area (Å²) in [6, 6.07) is 0. The molecule has 0 saturated carbocycles. The molecule has 1 aliphatic rings. The van der Waals surface area contributed by atoms with E-state index >= 15 is 0 Å². The molecule has 0 bridgehead atoms. The van der Waals surface area contributed by atoms with Crippen molar-refractivity contribution in [1.29, 1.82) is 0 Å². The van der Waals surface area contributed by atoms with Gasteiger partial charge in [0.1, 0.15) is 0 Å². The van der Waals surface area contributed by atoms with E-state index in [4.69, 9.17) is 5.11 Å². The van der Waals surface area contributed by atoms with Crippen LogP contribution in [0.2, 0.25) is 0 Å². The largest absolute Gasteiger partial charge is 0.481 e. The molecule has 0 aliphatic heterocycles. The van der Waals surface area contributed by atoms with Gasteiger partial charge in [-0.3, -0.25) is 9.59 Å². The summed E-state index contributed by atoms with van der Waals surface area (Å²) in [7, 11) is 0. The average Bonchev–Trinajstić information content (AvgIpc) is 2.04. The quantitative estimate of drug-likeness (QED) is 0.706. The highest BCUT2D eigenvalue weighted by atomic mass is 16.4. The summed E-state index contributed by atoms with van der Waals surface area (Å²) in [5.41, 5.74) is 0.672. The first kappa shape index (κ1) is 9.96. The van der Waals surface area contributed by atoms with Crippen molar-refractivity contribution in [2.24, 2.45) is 11.8 Å². The Morgan fingerprint density at radius 3 is 2.62 bits per heavy atom. The fourth-order valence-corrected chi connectivity index (χ4v) is 1.63. The SMILES string of the molecule is CC(=O)C1=CCC(C)C(C(=O)O)C1. The van der Waals surface area contributed by atoms with Gasteiger partial charge < -0.3 is 5.11 Å². The van der Waals surface area contributed by atoms with E-state index in [9.17, 15) is 9.59 Å². The molecular weight excluding hydrogens is 168 g/mol. The molecule has 1 N–H and O–H groups in total. The van der Waals surface area contributed by atoms with Crippen LogP contribution in [-0.4, -0.2) is 16.9 Å². The molecule has 0 aromatic rings. The number of carbonyl (C=O) groups is 2. The lowest BCUT2D eigenvalue weighted by molar-refractivity contribution is -0.143. The van der Waals surface area contributed by atoms with Crippen LogP contribution in [0.5, 0.6) is 0 Å². The molecule has 13 heavy (non-hydrogen) atoms. The van der Waals surface area contributed by atoms with Crippen LogP contribution in [0.3, 0.4) is 0 Å². The fourth-order valence-electron chi connectivity index (χ4n) is 1.63. The van der Waals surface area contributed by atoms with Gasteiger partial charge in [-0.1, -0.05) is 13.0 Å². The van der Waals surface area contributed by atoms with Gasteiger partial charge >= 0.3 is 5.97 Å². The topological polar surface area (TPSA) is 54.4 Å². The standard InChI is InChI=1S/C10H14O3/c1-6-3-4-8(7(2)11)5-9(6)10(12)13/h4,6,9H,3,5H2,1-2H3,(H,12,13). The number of hydrogen-bond donors (Lipinski definition) is 1. The van der Waals surface area contributed by atoms with E-state index in [1.165, 1.54) is 6.92 Å². The molecule has 0 aromatic carbocycles. The highest BCUT2D eigenvalue weighted by Gasteiger charge is 2.29. The predicted octanol–water partition coefficient (Wildman–Crippen LogP) is 1.63. The first-order chi connectivity index (χ1) is 6.02. The van der Waals surface area contributed by atoms with E-state index in [-0.39, 0.29) is 17.6 Å². The van der Waals surface area contributed by atoms with Gasteiger partial charge in [-0.15, -0.1) is 0 Å². The molecule has 0 heterocycles. The molecule has 72 valence electrons. The summed E-state index contributed by atoms with van der Waals surface area (Å²) in [6.07, 6.45) is 2.96. The lowest BCUT2D eigenvalue weighted by atomic mass is 9.80. The van der Waals surface area contributed by atoms with Crippen molar-refractivity contribution >= 4 is 11.8 Å². The Morgan fingerprint density at radius 2 is 2.15 bits per heavy atom. The van der Waals surface area contributed by atoms with Gasteiger partial charge in [0.2, 0.25) is 0 Å². The van der Waals surface area contributed by atoms with Crippen molar-refractivity contribution < 1.29 is 14.7 Å². The third kappa shape index (κ3) is 2.17. The number of hydrogen-bond acceptors (Lipinski definition) is 2. The number of carboxylic acids is 1. The molecule has 1 rings (SSSR count). The maximum atomic E-state index is 11.0. The van der Waals surface area contributed by atoms with Crippen LogP contribution < -0.4 is 0 Å². The summed E-state index contributed by atoms with van der Waals surface area (Å²) in [6.45, 7) is 3.40. The van der Waals surface area contributed by atoms with E-state index in [1.54, 1.807) is 0 Å². The van der Waals surface area contributed by atoms with Crippen LogP contribution in [0.1, 0.15) is 26.7 Å². The number of allylic oxidation sites excluding steroid dienone is 2. The Hall–Kier alpha value is -1.12. The Morgan fingerprint density at radius 1 is 1.54 bits per heavy atom. The molecule has 0 aromatic heterocycles. The fraction of sp³-hybridized carbons (Fsp3) is 0.600. The third-order valence-corrected chi connectivity index (χ3v) is 2.63. The number of rotatable bonds is 2. The van der Waals surface area contributed by atoms with Gasteiger partial charge in [-0.25, -0.2) is 0 Å². The monoisotopic (exact) mass is 182 g/mol.